The molecule has 0 fully saturated rings. The lowest BCUT2D eigenvalue weighted by molar-refractivity contribution is -0.384. The van der Waals surface area contributed by atoms with Crippen LogP contribution in [0.15, 0.2) is 35.4 Å². The van der Waals surface area contributed by atoms with E-state index in [0.717, 1.165) is 17.4 Å². The largest absolute Gasteiger partial charge is 0.544 e. The van der Waals surface area contributed by atoms with E-state index in [1.807, 2.05) is 0 Å². The summed E-state index contributed by atoms with van der Waals surface area (Å²) < 4.78 is 37.9. The number of halogens is 3. The van der Waals surface area contributed by atoms with Crippen LogP contribution in [0.4, 0.5) is 24.5 Å². The van der Waals surface area contributed by atoms with Crippen molar-refractivity contribution >= 4 is 34.4 Å². The zero-order valence-corrected chi connectivity index (χ0v) is 13.3. The normalized spacial score (nSPS) is 12.1. The molecule has 11 heteroatoms. The maximum Gasteiger partial charge on any atom is 0.416 e. The molecule has 0 bridgehead atoms. The van der Waals surface area contributed by atoms with Gasteiger partial charge in [-0.1, -0.05) is 0 Å². The van der Waals surface area contributed by atoms with E-state index in [1.165, 1.54) is 19.1 Å². The lowest BCUT2D eigenvalue weighted by Gasteiger charge is -2.08. The van der Waals surface area contributed by atoms with E-state index in [-0.39, 0.29) is 10.6 Å². The molecule has 0 unspecified atom stereocenters. The highest BCUT2D eigenvalue weighted by molar-refractivity contribution is 7.15. The van der Waals surface area contributed by atoms with Crippen LogP contribution in [0.1, 0.15) is 27.0 Å². The summed E-state index contributed by atoms with van der Waals surface area (Å²) in [6, 6.07) is 4.79. The fourth-order valence-electron chi connectivity index (χ4n) is 1.79. The van der Waals surface area contributed by atoms with Crippen molar-refractivity contribution in [1.82, 2.24) is 0 Å². The summed E-state index contributed by atoms with van der Waals surface area (Å²) in [4.78, 5) is 21.2. The van der Waals surface area contributed by atoms with Gasteiger partial charge in [0.05, 0.1) is 31.9 Å². The molecule has 1 N–H and O–H groups in total. The van der Waals surface area contributed by atoms with E-state index < -0.39 is 28.3 Å². The third-order valence-electron chi connectivity index (χ3n) is 3.03. The van der Waals surface area contributed by atoms with Gasteiger partial charge in [0.15, 0.2) is 0 Å². The molecule has 0 saturated carbocycles. The van der Waals surface area contributed by atoms with Crippen molar-refractivity contribution in [3.05, 3.63) is 55.8 Å². The first kappa shape index (κ1) is 18.4. The predicted octanol–water partition coefficient (Wildman–Crippen LogP) is 2.87. The first-order valence-electron chi connectivity index (χ1n) is 6.57. The average molecular weight is 372 g/mol. The molecule has 1 aromatic heterocycles. The highest BCUT2D eigenvalue weighted by Gasteiger charge is 2.33. The topological polar surface area (TPSA) is 108 Å². The van der Waals surface area contributed by atoms with Gasteiger partial charge in [0.1, 0.15) is 5.69 Å². The molecule has 0 aliphatic rings. The van der Waals surface area contributed by atoms with E-state index in [1.54, 1.807) is 0 Å². The number of benzene rings is 1. The van der Waals surface area contributed by atoms with Crippen molar-refractivity contribution in [3.8, 4) is 0 Å². The molecular formula is C14H9F3N3O4S-. The molecule has 0 spiro atoms. The summed E-state index contributed by atoms with van der Waals surface area (Å²) in [6.07, 6.45) is -4.71. The van der Waals surface area contributed by atoms with Crippen molar-refractivity contribution in [3.63, 3.8) is 0 Å². The third-order valence-corrected chi connectivity index (χ3v) is 4.20. The number of nitrogens with one attached hydrogen (secondary N) is 1. The maximum atomic E-state index is 12.6. The monoisotopic (exact) mass is 372 g/mol. The number of hydrazone groups is 1. The van der Waals surface area contributed by atoms with Crippen LogP contribution < -0.4 is 10.5 Å². The lowest BCUT2D eigenvalue weighted by Crippen LogP contribution is -2.20. The number of carboxylic acids is 1. The van der Waals surface area contributed by atoms with Gasteiger partial charge in [0.2, 0.25) is 0 Å². The predicted molar refractivity (Wildman–Crippen MR) is 82.6 cm³/mol. The van der Waals surface area contributed by atoms with E-state index in [9.17, 15) is 33.2 Å². The van der Waals surface area contributed by atoms with Gasteiger partial charge in [-0.25, -0.2) is 0 Å². The number of hydrogen-bond donors (Lipinski definition) is 1. The maximum absolute atomic E-state index is 12.6. The van der Waals surface area contributed by atoms with Crippen LogP contribution in [0.25, 0.3) is 0 Å². The summed E-state index contributed by atoms with van der Waals surface area (Å²) in [5, 5.41) is 25.5. The van der Waals surface area contributed by atoms with Gasteiger partial charge in [0, 0.05) is 6.07 Å². The van der Waals surface area contributed by atoms with Gasteiger partial charge >= 0.3 is 6.18 Å². The number of carbonyl (C=O) groups excluding carboxylic acids is 1. The Balaban J connectivity index is 2.29. The molecule has 1 heterocycles. The fraction of sp³-hybridized carbons (Fsp3) is 0.143. The number of anilines is 1. The Labute approximate surface area is 142 Å². The van der Waals surface area contributed by atoms with Crippen LogP contribution in [0.3, 0.4) is 0 Å². The van der Waals surface area contributed by atoms with E-state index in [2.05, 4.69) is 10.5 Å². The summed E-state index contributed by atoms with van der Waals surface area (Å²) in [5.74, 6) is -1.35. The molecule has 0 aliphatic heterocycles. The molecule has 0 saturated heterocycles. The van der Waals surface area contributed by atoms with Crippen molar-refractivity contribution < 1.29 is 28.0 Å². The van der Waals surface area contributed by atoms with Gasteiger partial charge < -0.3 is 9.90 Å². The van der Waals surface area contributed by atoms with Gasteiger partial charge in [-0.05, 0) is 31.2 Å². The quantitative estimate of drug-likeness (QED) is 0.493. The average Bonchev–Trinajstić information content (AvgIpc) is 3.01. The first-order chi connectivity index (χ1) is 11.6. The fourth-order valence-corrected chi connectivity index (χ4v) is 2.58. The van der Waals surface area contributed by atoms with Crippen molar-refractivity contribution in [2.45, 2.75) is 13.1 Å². The van der Waals surface area contributed by atoms with Crippen LogP contribution >= 0.6 is 11.3 Å². The van der Waals surface area contributed by atoms with Crippen LogP contribution in [-0.2, 0) is 6.18 Å². The van der Waals surface area contributed by atoms with Crippen molar-refractivity contribution in [2.24, 2.45) is 5.10 Å². The number of nitro groups is 1. The minimum absolute atomic E-state index is 0.0231. The van der Waals surface area contributed by atoms with Crippen LogP contribution in [0, 0.1) is 10.1 Å². The van der Waals surface area contributed by atoms with Gasteiger partial charge in [-0.3, -0.25) is 15.5 Å². The second-order valence-corrected chi connectivity index (χ2v) is 5.83. The number of thiophene rings is 1. The molecule has 0 radical (unpaired) electrons. The molecule has 2 rings (SSSR count). The van der Waals surface area contributed by atoms with E-state index >= 15 is 0 Å². The first-order valence-corrected chi connectivity index (χ1v) is 7.38. The number of alkyl halides is 3. The Kier molecular flexibility index (Phi) is 5.07. The summed E-state index contributed by atoms with van der Waals surface area (Å²) >= 11 is 0.885. The molecule has 0 amide bonds. The second-order valence-electron chi connectivity index (χ2n) is 4.75. The molecule has 0 atom stereocenters. The molecule has 2 aromatic rings. The third kappa shape index (κ3) is 4.32. The SMILES string of the molecule is C/C(=N/Nc1ccc(C(F)(F)F)cc1[N+](=O)[O-])c1ccc(C(=O)[O-])s1. The van der Waals surface area contributed by atoms with E-state index in [4.69, 9.17) is 0 Å². The highest BCUT2D eigenvalue weighted by Crippen LogP contribution is 2.35. The minimum Gasteiger partial charge on any atom is -0.544 e. The Morgan fingerprint density at radius 2 is 1.88 bits per heavy atom. The standard InChI is InChI=1S/C14H10F3N3O4S/c1-7(11-4-5-12(25-11)13(21)22)18-19-9-3-2-8(14(15,16)17)6-10(9)20(23)24/h2-6,19H,1H3,(H,21,22)/p-1/b18-7-. The Bertz CT molecular complexity index is 861. The summed E-state index contributed by atoms with van der Waals surface area (Å²) in [7, 11) is 0. The number of rotatable bonds is 5. The second kappa shape index (κ2) is 6.89. The Morgan fingerprint density at radius 1 is 1.24 bits per heavy atom. The zero-order valence-electron chi connectivity index (χ0n) is 12.5. The number of nitro benzene ring substituents is 1. The minimum atomic E-state index is -4.71. The number of nitrogens with zero attached hydrogens (tertiary/aromatic N) is 2. The Hall–Kier alpha value is -2.95. The number of carboxylic acid groups (broad SMARTS) is 1. The van der Waals surface area contributed by atoms with Gasteiger partial charge in [-0.2, -0.15) is 18.3 Å². The van der Waals surface area contributed by atoms with Gasteiger partial charge in [0.25, 0.3) is 5.69 Å². The summed E-state index contributed by atoms with van der Waals surface area (Å²) in [6.45, 7) is 1.51. The van der Waals surface area contributed by atoms with Crippen LogP contribution in [0.2, 0.25) is 0 Å². The van der Waals surface area contributed by atoms with Crippen LogP contribution in [0.5, 0.6) is 0 Å². The zero-order chi connectivity index (χ0) is 18.8. The Morgan fingerprint density at radius 3 is 2.40 bits per heavy atom. The van der Waals surface area contributed by atoms with Crippen LogP contribution in [-0.4, -0.2) is 16.6 Å². The lowest BCUT2D eigenvalue weighted by atomic mass is 10.1. The molecule has 0 aliphatic carbocycles. The highest BCUT2D eigenvalue weighted by atomic mass is 32.1. The van der Waals surface area contributed by atoms with Crippen molar-refractivity contribution in [2.75, 3.05) is 5.43 Å². The number of aromatic carboxylic acids is 1. The number of carbonyl (C=O) groups is 1. The summed E-state index contributed by atoms with van der Waals surface area (Å²) in [5.41, 5.74) is 0.468. The molecule has 1 aromatic carbocycles. The molecular weight excluding hydrogens is 363 g/mol. The molecule has 25 heavy (non-hydrogen) atoms. The van der Waals surface area contributed by atoms with Crippen molar-refractivity contribution in [1.29, 1.82) is 0 Å². The number of hydrogen-bond acceptors (Lipinski definition) is 7. The molecule has 132 valence electrons. The molecule has 7 nitrogen and oxygen atoms in total. The van der Waals surface area contributed by atoms with Gasteiger partial charge in [-0.15, -0.1) is 11.3 Å². The van der Waals surface area contributed by atoms with E-state index in [0.29, 0.717) is 22.7 Å². The smallest absolute Gasteiger partial charge is 0.416 e.